The summed E-state index contributed by atoms with van der Waals surface area (Å²) >= 11 is 5.92. The van der Waals surface area contributed by atoms with Crippen LogP contribution < -0.4 is 4.72 Å². The van der Waals surface area contributed by atoms with Gasteiger partial charge in [0.05, 0.1) is 22.9 Å². The van der Waals surface area contributed by atoms with Crippen molar-refractivity contribution in [2.24, 2.45) is 0 Å². The van der Waals surface area contributed by atoms with E-state index in [2.05, 4.69) is 4.72 Å². The number of carbonyl (C=O) groups is 1. The van der Waals surface area contributed by atoms with Crippen molar-refractivity contribution in [1.29, 1.82) is 0 Å². The second-order valence-electron chi connectivity index (χ2n) is 4.87. The number of nitrogens with one attached hydrogen (secondary N) is 1. The molecule has 0 aromatic heterocycles. The van der Waals surface area contributed by atoms with Gasteiger partial charge in [0, 0.05) is 11.3 Å². The Morgan fingerprint density at radius 3 is 2.62 bits per heavy atom. The second-order valence-corrected chi connectivity index (χ2v) is 7.00. The third-order valence-corrected chi connectivity index (χ3v) is 4.61. The molecule has 2 aromatic rings. The molecule has 0 aliphatic heterocycles. The molecule has 0 saturated carbocycles. The Hall–Kier alpha value is -2.12. The highest BCUT2D eigenvalue weighted by Gasteiger charge is 2.17. The van der Waals surface area contributed by atoms with Crippen molar-refractivity contribution in [2.45, 2.75) is 12.7 Å². The van der Waals surface area contributed by atoms with Crippen LogP contribution in [0.5, 0.6) is 0 Å². The quantitative estimate of drug-likeness (QED) is 0.787. The van der Waals surface area contributed by atoms with Gasteiger partial charge in [-0.15, -0.1) is 0 Å². The van der Waals surface area contributed by atoms with Gasteiger partial charge >= 0.3 is 5.97 Å². The van der Waals surface area contributed by atoms with E-state index in [1.807, 2.05) is 0 Å². The van der Waals surface area contributed by atoms with Crippen molar-refractivity contribution >= 4 is 33.3 Å². The zero-order valence-electron chi connectivity index (χ0n) is 12.8. The summed E-state index contributed by atoms with van der Waals surface area (Å²) in [6.45, 7) is 1.81. The average molecular weight is 372 g/mol. The molecule has 0 heterocycles. The molecule has 0 atom stereocenters. The Kier molecular flexibility index (Phi) is 5.80. The van der Waals surface area contributed by atoms with Crippen LogP contribution in [-0.2, 0) is 20.5 Å². The van der Waals surface area contributed by atoms with Crippen molar-refractivity contribution in [3.63, 3.8) is 0 Å². The highest BCUT2D eigenvalue weighted by molar-refractivity contribution is 7.91. The molecule has 128 valence electrons. The van der Waals surface area contributed by atoms with Crippen molar-refractivity contribution in [3.8, 4) is 0 Å². The Labute approximate surface area is 144 Å². The number of benzene rings is 2. The Balaban J connectivity index is 2.22. The number of carbonyl (C=O) groups excluding carboxylic acids is 1. The molecule has 2 aromatic carbocycles. The van der Waals surface area contributed by atoms with Crippen LogP contribution in [0.2, 0.25) is 5.02 Å². The third-order valence-electron chi connectivity index (χ3n) is 3.04. The summed E-state index contributed by atoms with van der Waals surface area (Å²) in [5, 5.41) is 0.144. The lowest BCUT2D eigenvalue weighted by Gasteiger charge is -2.11. The molecule has 24 heavy (non-hydrogen) atoms. The van der Waals surface area contributed by atoms with E-state index in [0.717, 1.165) is 0 Å². The van der Waals surface area contributed by atoms with Gasteiger partial charge in [0.1, 0.15) is 5.82 Å². The number of hydrogen-bond acceptors (Lipinski definition) is 4. The topological polar surface area (TPSA) is 72.5 Å². The first kappa shape index (κ1) is 18.2. The van der Waals surface area contributed by atoms with E-state index >= 15 is 0 Å². The van der Waals surface area contributed by atoms with Crippen LogP contribution in [0.3, 0.4) is 0 Å². The summed E-state index contributed by atoms with van der Waals surface area (Å²) in [4.78, 5) is 11.8. The smallest absolute Gasteiger partial charge is 0.339 e. The van der Waals surface area contributed by atoms with Crippen LogP contribution in [0.4, 0.5) is 10.1 Å². The molecule has 0 spiro atoms. The summed E-state index contributed by atoms with van der Waals surface area (Å²) in [5.41, 5.74) is 0.230. The van der Waals surface area contributed by atoms with Gasteiger partial charge in [0.2, 0.25) is 10.0 Å². The lowest BCUT2D eigenvalue weighted by Crippen LogP contribution is -2.16. The van der Waals surface area contributed by atoms with Crippen molar-refractivity contribution in [2.75, 3.05) is 11.3 Å². The van der Waals surface area contributed by atoms with Crippen LogP contribution in [0.1, 0.15) is 22.8 Å². The minimum absolute atomic E-state index is 0.0459. The van der Waals surface area contributed by atoms with E-state index in [9.17, 15) is 17.6 Å². The number of anilines is 1. The lowest BCUT2D eigenvalue weighted by atomic mass is 10.2. The molecular weight excluding hydrogens is 357 g/mol. The number of rotatable bonds is 6. The van der Waals surface area contributed by atoms with Crippen molar-refractivity contribution in [3.05, 3.63) is 64.4 Å². The number of sulfonamides is 1. The first-order chi connectivity index (χ1) is 11.3. The molecule has 1 N–H and O–H groups in total. The van der Waals surface area contributed by atoms with E-state index in [4.69, 9.17) is 16.3 Å². The largest absolute Gasteiger partial charge is 0.462 e. The van der Waals surface area contributed by atoms with E-state index in [0.29, 0.717) is 0 Å². The number of hydrogen-bond donors (Lipinski definition) is 1. The second kappa shape index (κ2) is 7.63. The van der Waals surface area contributed by atoms with Gasteiger partial charge < -0.3 is 4.74 Å². The molecule has 0 fully saturated rings. The van der Waals surface area contributed by atoms with E-state index in [-0.39, 0.29) is 28.4 Å². The molecular formula is C16H15ClFNO4S. The molecule has 0 bridgehead atoms. The monoisotopic (exact) mass is 371 g/mol. The number of ether oxygens (including phenoxy) is 1. The van der Waals surface area contributed by atoms with Crippen LogP contribution in [0.15, 0.2) is 42.5 Å². The SMILES string of the molecule is CCOC(=O)c1cc(NS(=O)(=O)Cc2ccccc2F)ccc1Cl. The molecule has 2 rings (SSSR count). The fourth-order valence-electron chi connectivity index (χ4n) is 1.99. The Morgan fingerprint density at radius 2 is 1.96 bits per heavy atom. The van der Waals surface area contributed by atoms with Gasteiger partial charge in [-0.3, -0.25) is 4.72 Å². The van der Waals surface area contributed by atoms with Gasteiger partial charge in [0.15, 0.2) is 0 Å². The predicted octanol–water partition coefficient (Wildman–Crippen LogP) is 3.60. The zero-order valence-corrected chi connectivity index (χ0v) is 14.3. The number of halogens is 2. The molecule has 0 saturated heterocycles. The minimum atomic E-state index is -3.86. The van der Waals surface area contributed by atoms with Gasteiger partial charge in [0.25, 0.3) is 0 Å². The van der Waals surface area contributed by atoms with E-state index in [1.54, 1.807) is 13.0 Å². The summed E-state index contributed by atoms with van der Waals surface area (Å²) < 4.78 is 45.1. The Morgan fingerprint density at radius 1 is 1.25 bits per heavy atom. The van der Waals surface area contributed by atoms with Crippen LogP contribution >= 0.6 is 11.6 Å². The van der Waals surface area contributed by atoms with E-state index < -0.39 is 27.6 Å². The summed E-state index contributed by atoms with van der Waals surface area (Å²) in [7, 11) is -3.86. The first-order valence-corrected chi connectivity index (χ1v) is 9.06. The van der Waals surface area contributed by atoms with E-state index in [1.165, 1.54) is 36.4 Å². The van der Waals surface area contributed by atoms with Crippen LogP contribution in [0.25, 0.3) is 0 Å². The number of esters is 1. The molecule has 5 nitrogen and oxygen atoms in total. The highest BCUT2D eigenvalue weighted by Crippen LogP contribution is 2.23. The third kappa shape index (κ3) is 4.69. The maximum Gasteiger partial charge on any atom is 0.339 e. The summed E-state index contributed by atoms with van der Waals surface area (Å²) in [6.07, 6.45) is 0. The fourth-order valence-corrected chi connectivity index (χ4v) is 3.39. The standard InChI is InChI=1S/C16H15ClFNO4S/c1-2-23-16(20)13-9-12(7-8-14(13)17)19-24(21,22)10-11-5-3-4-6-15(11)18/h3-9,19H,2,10H2,1H3. The normalized spacial score (nSPS) is 11.1. The average Bonchev–Trinajstić information content (AvgIpc) is 2.51. The van der Waals surface area contributed by atoms with Gasteiger partial charge in [-0.2, -0.15) is 0 Å². The van der Waals surface area contributed by atoms with Gasteiger partial charge in [-0.05, 0) is 31.2 Å². The maximum absolute atomic E-state index is 13.6. The van der Waals surface area contributed by atoms with Gasteiger partial charge in [-0.1, -0.05) is 29.8 Å². The predicted molar refractivity (Wildman–Crippen MR) is 90.1 cm³/mol. The molecule has 0 radical (unpaired) electrons. The van der Waals surface area contributed by atoms with Crippen molar-refractivity contribution < 1.29 is 22.3 Å². The highest BCUT2D eigenvalue weighted by atomic mass is 35.5. The Bertz CT molecular complexity index is 855. The van der Waals surface area contributed by atoms with Gasteiger partial charge in [-0.25, -0.2) is 17.6 Å². The molecule has 8 heteroatoms. The molecule has 0 aliphatic carbocycles. The zero-order chi connectivity index (χ0) is 17.7. The summed E-state index contributed by atoms with van der Waals surface area (Å²) in [6, 6.07) is 9.67. The van der Waals surface area contributed by atoms with Crippen LogP contribution in [-0.4, -0.2) is 21.0 Å². The first-order valence-electron chi connectivity index (χ1n) is 7.03. The summed E-state index contributed by atoms with van der Waals surface area (Å²) in [5.74, 6) is -1.79. The molecule has 0 unspecified atom stereocenters. The van der Waals surface area contributed by atoms with Crippen molar-refractivity contribution in [1.82, 2.24) is 0 Å². The minimum Gasteiger partial charge on any atom is -0.462 e. The molecule has 0 aliphatic rings. The van der Waals surface area contributed by atoms with Crippen LogP contribution in [0, 0.1) is 5.82 Å². The fraction of sp³-hybridized carbons (Fsp3) is 0.188. The molecule has 0 amide bonds. The lowest BCUT2D eigenvalue weighted by molar-refractivity contribution is 0.0526. The maximum atomic E-state index is 13.6.